The predicted octanol–water partition coefficient (Wildman–Crippen LogP) is 1.15. The van der Waals surface area contributed by atoms with Gasteiger partial charge in [-0.05, 0) is 12.5 Å². The van der Waals surface area contributed by atoms with Crippen LogP contribution in [0.4, 0.5) is 0 Å². The van der Waals surface area contributed by atoms with Crippen LogP contribution in [-0.4, -0.2) is 48.9 Å². The van der Waals surface area contributed by atoms with E-state index in [1.165, 1.54) is 6.92 Å². The molecule has 1 aromatic rings. The summed E-state index contributed by atoms with van der Waals surface area (Å²) in [5.74, 6) is -0.554. The van der Waals surface area contributed by atoms with Crippen molar-refractivity contribution in [2.24, 2.45) is 0 Å². The van der Waals surface area contributed by atoms with E-state index in [0.29, 0.717) is 19.7 Å². The fourth-order valence-electron chi connectivity index (χ4n) is 2.07. The van der Waals surface area contributed by atoms with Gasteiger partial charge in [-0.15, -0.1) is 0 Å². The molecule has 1 N–H and O–H groups in total. The summed E-state index contributed by atoms with van der Waals surface area (Å²) in [5.41, 5.74) is 0.915. The number of nitrogens with zero attached hydrogens (tertiary/aromatic N) is 1. The molecule has 0 aliphatic heterocycles. The van der Waals surface area contributed by atoms with Gasteiger partial charge in [0.2, 0.25) is 11.8 Å². The van der Waals surface area contributed by atoms with Crippen LogP contribution in [0.3, 0.4) is 0 Å². The van der Waals surface area contributed by atoms with Gasteiger partial charge in [0.15, 0.2) is 0 Å². The zero-order valence-electron chi connectivity index (χ0n) is 13.7. The zero-order chi connectivity index (χ0) is 17.1. The number of nitrogens with one attached hydrogen (secondary N) is 1. The molecule has 0 unspecified atom stereocenters. The first-order valence-corrected chi connectivity index (χ1v) is 7.74. The third-order valence-corrected chi connectivity index (χ3v) is 3.20. The van der Waals surface area contributed by atoms with Gasteiger partial charge in [-0.25, -0.2) is 0 Å². The van der Waals surface area contributed by atoms with E-state index in [0.717, 1.165) is 5.56 Å². The summed E-state index contributed by atoms with van der Waals surface area (Å²) >= 11 is 0. The highest BCUT2D eigenvalue weighted by Crippen LogP contribution is 2.04. The third kappa shape index (κ3) is 7.99. The van der Waals surface area contributed by atoms with Gasteiger partial charge >= 0.3 is 5.97 Å². The molecule has 0 bridgehead atoms. The highest BCUT2D eigenvalue weighted by atomic mass is 16.5. The molecule has 0 radical (unpaired) electrons. The van der Waals surface area contributed by atoms with Crippen molar-refractivity contribution in [3.8, 4) is 0 Å². The Hall–Kier alpha value is -2.37. The normalized spacial score (nSPS) is 10.0. The second kappa shape index (κ2) is 10.4. The lowest BCUT2D eigenvalue weighted by Crippen LogP contribution is -2.40. The largest absolute Gasteiger partial charge is 0.466 e. The molecule has 0 saturated carbocycles. The first kappa shape index (κ1) is 18.7. The quantitative estimate of drug-likeness (QED) is 0.693. The molecule has 0 saturated heterocycles. The van der Waals surface area contributed by atoms with Crippen molar-refractivity contribution in [2.45, 2.75) is 26.7 Å². The van der Waals surface area contributed by atoms with Crippen LogP contribution < -0.4 is 5.32 Å². The molecule has 6 nitrogen and oxygen atoms in total. The number of carbonyl (C=O) groups excluding carboxylic acids is 3. The fraction of sp³-hybridized carbons (Fsp3) is 0.471. The second-order valence-corrected chi connectivity index (χ2v) is 5.08. The number of ether oxygens (including phenoxy) is 1. The minimum absolute atomic E-state index is 0.0779. The highest BCUT2D eigenvalue weighted by molar-refractivity contribution is 5.79. The van der Waals surface area contributed by atoms with Crippen LogP contribution in [-0.2, 0) is 25.5 Å². The van der Waals surface area contributed by atoms with Gasteiger partial charge in [0.25, 0.3) is 0 Å². The summed E-state index contributed by atoms with van der Waals surface area (Å²) < 4.78 is 4.89. The fourth-order valence-corrected chi connectivity index (χ4v) is 2.07. The van der Waals surface area contributed by atoms with Gasteiger partial charge in [-0.3, -0.25) is 14.4 Å². The lowest BCUT2D eigenvalue weighted by atomic mass is 10.1. The average Bonchev–Trinajstić information content (AvgIpc) is 2.51. The molecule has 6 heteroatoms. The molecule has 0 heterocycles. The summed E-state index contributed by atoms with van der Waals surface area (Å²) in [6, 6.07) is 9.42. The third-order valence-electron chi connectivity index (χ3n) is 3.20. The molecular weight excluding hydrogens is 296 g/mol. The van der Waals surface area contributed by atoms with Crippen LogP contribution in [0.1, 0.15) is 25.8 Å². The Morgan fingerprint density at radius 1 is 1.13 bits per heavy atom. The van der Waals surface area contributed by atoms with Crippen molar-refractivity contribution in [2.75, 3.05) is 26.2 Å². The Labute approximate surface area is 136 Å². The maximum absolute atomic E-state index is 12.4. The maximum Gasteiger partial charge on any atom is 0.307 e. The molecule has 126 valence electrons. The van der Waals surface area contributed by atoms with Gasteiger partial charge in [-0.1, -0.05) is 30.3 Å². The number of hydrogen-bond acceptors (Lipinski definition) is 4. The molecule has 2 amide bonds. The van der Waals surface area contributed by atoms with Crippen molar-refractivity contribution < 1.29 is 19.1 Å². The minimum atomic E-state index is -0.329. The van der Waals surface area contributed by atoms with Gasteiger partial charge in [0, 0.05) is 26.6 Å². The van der Waals surface area contributed by atoms with E-state index in [1.807, 2.05) is 30.3 Å². The number of rotatable bonds is 9. The Kier molecular flexibility index (Phi) is 8.42. The van der Waals surface area contributed by atoms with E-state index >= 15 is 0 Å². The van der Waals surface area contributed by atoms with E-state index in [2.05, 4.69) is 5.32 Å². The zero-order valence-corrected chi connectivity index (χ0v) is 13.7. The summed E-state index contributed by atoms with van der Waals surface area (Å²) in [6.07, 6.45) is 0.415. The molecule has 0 aliphatic rings. The van der Waals surface area contributed by atoms with Crippen LogP contribution in [0.5, 0.6) is 0 Å². The van der Waals surface area contributed by atoms with E-state index in [1.54, 1.807) is 11.8 Å². The van der Waals surface area contributed by atoms with Crippen molar-refractivity contribution >= 4 is 17.8 Å². The Morgan fingerprint density at radius 2 is 1.83 bits per heavy atom. The molecule has 0 spiro atoms. The van der Waals surface area contributed by atoms with Gasteiger partial charge < -0.3 is 15.0 Å². The SMILES string of the molecule is CCOC(=O)CCN(CCNC(C)=O)C(=O)Cc1ccccc1. The molecule has 1 aromatic carbocycles. The number of carbonyl (C=O) groups is 3. The number of esters is 1. The van der Waals surface area contributed by atoms with E-state index in [4.69, 9.17) is 4.74 Å². The molecule has 0 fully saturated rings. The second-order valence-electron chi connectivity index (χ2n) is 5.08. The van der Waals surface area contributed by atoms with E-state index in [9.17, 15) is 14.4 Å². The average molecular weight is 320 g/mol. The molecule has 1 rings (SSSR count). The van der Waals surface area contributed by atoms with E-state index in [-0.39, 0.29) is 37.2 Å². The smallest absolute Gasteiger partial charge is 0.307 e. The summed E-state index contributed by atoms with van der Waals surface area (Å²) in [6.45, 7) is 4.50. The molecule has 23 heavy (non-hydrogen) atoms. The maximum atomic E-state index is 12.4. The molecule has 0 atom stereocenters. The molecule has 0 aromatic heterocycles. The highest BCUT2D eigenvalue weighted by Gasteiger charge is 2.16. The van der Waals surface area contributed by atoms with Crippen LogP contribution in [0.15, 0.2) is 30.3 Å². The van der Waals surface area contributed by atoms with Crippen molar-refractivity contribution in [1.29, 1.82) is 0 Å². The van der Waals surface area contributed by atoms with Gasteiger partial charge in [0.1, 0.15) is 0 Å². The predicted molar refractivity (Wildman–Crippen MR) is 86.7 cm³/mol. The first-order chi connectivity index (χ1) is 11.0. The Balaban J connectivity index is 2.58. The lowest BCUT2D eigenvalue weighted by Gasteiger charge is -2.22. The van der Waals surface area contributed by atoms with Crippen LogP contribution in [0, 0.1) is 0 Å². The molecule has 0 aliphatic carbocycles. The van der Waals surface area contributed by atoms with Crippen molar-refractivity contribution in [3.63, 3.8) is 0 Å². The van der Waals surface area contributed by atoms with Crippen LogP contribution >= 0.6 is 0 Å². The number of hydrogen-bond donors (Lipinski definition) is 1. The summed E-state index contributed by atoms with van der Waals surface area (Å²) in [7, 11) is 0. The van der Waals surface area contributed by atoms with Gasteiger partial charge in [0.05, 0.1) is 19.4 Å². The van der Waals surface area contributed by atoms with Crippen LogP contribution in [0.25, 0.3) is 0 Å². The van der Waals surface area contributed by atoms with Crippen LogP contribution in [0.2, 0.25) is 0 Å². The topological polar surface area (TPSA) is 75.7 Å². The monoisotopic (exact) mass is 320 g/mol. The Bertz CT molecular complexity index is 517. The lowest BCUT2D eigenvalue weighted by molar-refractivity contribution is -0.144. The summed E-state index contributed by atoms with van der Waals surface area (Å²) in [4.78, 5) is 36.4. The van der Waals surface area contributed by atoms with Crippen molar-refractivity contribution in [1.82, 2.24) is 10.2 Å². The van der Waals surface area contributed by atoms with Crippen molar-refractivity contribution in [3.05, 3.63) is 35.9 Å². The first-order valence-electron chi connectivity index (χ1n) is 7.74. The standard InChI is InChI=1S/C17H24N2O4/c1-3-23-17(22)9-11-19(12-10-18-14(2)20)16(21)13-15-7-5-4-6-8-15/h4-8H,3,9-13H2,1-2H3,(H,18,20). The molecular formula is C17H24N2O4. The van der Waals surface area contributed by atoms with Gasteiger partial charge in [-0.2, -0.15) is 0 Å². The number of amides is 2. The summed E-state index contributed by atoms with van der Waals surface area (Å²) in [5, 5.41) is 2.66. The minimum Gasteiger partial charge on any atom is -0.466 e. The van der Waals surface area contributed by atoms with E-state index < -0.39 is 0 Å². The number of benzene rings is 1. The Morgan fingerprint density at radius 3 is 2.43 bits per heavy atom.